The highest BCUT2D eigenvalue weighted by molar-refractivity contribution is 5.92. The molecule has 2 aliphatic rings. The molecular formula is C23H33NO3. The number of benzene rings is 1. The van der Waals surface area contributed by atoms with Crippen LogP contribution in [0.15, 0.2) is 24.3 Å². The molecule has 0 saturated heterocycles. The third-order valence-corrected chi connectivity index (χ3v) is 6.02. The largest absolute Gasteiger partial charge is 0.493 e. The van der Waals surface area contributed by atoms with Crippen molar-refractivity contribution < 1.29 is 14.3 Å². The first-order valence-corrected chi connectivity index (χ1v) is 10.5. The molecule has 1 amide bonds. The van der Waals surface area contributed by atoms with E-state index < -0.39 is 0 Å². The Morgan fingerprint density at radius 3 is 1.96 bits per heavy atom. The SMILES string of the molecule is COc1ccc(C=CC(=O)N(C2CCCCC2)C2CCCCC2)cc1OC. The zero-order valence-corrected chi connectivity index (χ0v) is 16.8. The van der Waals surface area contributed by atoms with Crippen LogP contribution in [0.4, 0.5) is 0 Å². The fourth-order valence-electron chi connectivity index (χ4n) is 4.59. The van der Waals surface area contributed by atoms with Gasteiger partial charge in [0.2, 0.25) is 5.91 Å². The van der Waals surface area contributed by atoms with E-state index in [4.69, 9.17) is 9.47 Å². The quantitative estimate of drug-likeness (QED) is 0.644. The highest BCUT2D eigenvalue weighted by atomic mass is 16.5. The molecule has 27 heavy (non-hydrogen) atoms. The number of hydrogen-bond donors (Lipinski definition) is 0. The minimum Gasteiger partial charge on any atom is -0.493 e. The van der Waals surface area contributed by atoms with Crippen LogP contribution in [-0.2, 0) is 4.79 Å². The maximum absolute atomic E-state index is 13.2. The minimum atomic E-state index is 0.170. The summed E-state index contributed by atoms with van der Waals surface area (Å²) in [6.45, 7) is 0. The molecule has 4 heteroatoms. The summed E-state index contributed by atoms with van der Waals surface area (Å²) in [5.41, 5.74) is 0.952. The van der Waals surface area contributed by atoms with Gasteiger partial charge in [-0.1, -0.05) is 44.6 Å². The molecule has 2 fully saturated rings. The summed E-state index contributed by atoms with van der Waals surface area (Å²) in [5, 5.41) is 0. The molecule has 0 spiro atoms. The van der Waals surface area contributed by atoms with Crippen molar-refractivity contribution in [3.8, 4) is 11.5 Å². The Balaban J connectivity index is 1.75. The number of carbonyl (C=O) groups is 1. The van der Waals surface area contributed by atoms with E-state index in [9.17, 15) is 4.79 Å². The van der Waals surface area contributed by atoms with Gasteiger partial charge in [0.25, 0.3) is 0 Å². The van der Waals surface area contributed by atoms with E-state index in [-0.39, 0.29) is 5.91 Å². The highest BCUT2D eigenvalue weighted by Gasteiger charge is 2.31. The van der Waals surface area contributed by atoms with E-state index in [0.717, 1.165) is 31.2 Å². The van der Waals surface area contributed by atoms with Crippen LogP contribution < -0.4 is 9.47 Å². The van der Waals surface area contributed by atoms with Crippen molar-refractivity contribution in [3.05, 3.63) is 29.8 Å². The van der Waals surface area contributed by atoms with Gasteiger partial charge in [-0.2, -0.15) is 0 Å². The van der Waals surface area contributed by atoms with Gasteiger partial charge in [0.1, 0.15) is 0 Å². The van der Waals surface area contributed by atoms with Crippen molar-refractivity contribution in [2.75, 3.05) is 14.2 Å². The van der Waals surface area contributed by atoms with Crippen LogP contribution in [0.25, 0.3) is 6.08 Å². The first-order chi connectivity index (χ1) is 13.2. The molecule has 0 unspecified atom stereocenters. The van der Waals surface area contributed by atoms with Gasteiger partial charge in [-0.3, -0.25) is 4.79 Å². The normalized spacial score (nSPS) is 19.2. The van der Waals surface area contributed by atoms with Crippen LogP contribution >= 0.6 is 0 Å². The van der Waals surface area contributed by atoms with Crippen molar-refractivity contribution in [3.63, 3.8) is 0 Å². The standard InChI is InChI=1S/C23H33NO3/c1-26-21-15-13-18(17-22(21)27-2)14-16-23(25)24(19-9-5-3-6-10-19)20-11-7-4-8-12-20/h13-17,19-20H,3-12H2,1-2H3. The lowest BCUT2D eigenvalue weighted by Gasteiger charge is -2.41. The number of hydrogen-bond acceptors (Lipinski definition) is 3. The first-order valence-electron chi connectivity index (χ1n) is 10.5. The third-order valence-electron chi connectivity index (χ3n) is 6.02. The smallest absolute Gasteiger partial charge is 0.247 e. The summed E-state index contributed by atoms with van der Waals surface area (Å²) in [4.78, 5) is 15.4. The number of nitrogens with zero attached hydrogens (tertiary/aromatic N) is 1. The first kappa shape index (κ1) is 19.8. The molecule has 0 heterocycles. The van der Waals surface area contributed by atoms with Gasteiger partial charge in [0.15, 0.2) is 11.5 Å². The second-order valence-corrected chi connectivity index (χ2v) is 7.78. The molecule has 0 bridgehead atoms. The molecule has 148 valence electrons. The molecule has 4 nitrogen and oxygen atoms in total. The minimum absolute atomic E-state index is 0.170. The lowest BCUT2D eigenvalue weighted by Crippen LogP contribution is -2.48. The molecule has 1 aromatic carbocycles. The van der Waals surface area contributed by atoms with Gasteiger partial charge < -0.3 is 14.4 Å². The Bertz CT molecular complexity index is 625. The van der Waals surface area contributed by atoms with Crippen LogP contribution in [0.2, 0.25) is 0 Å². The topological polar surface area (TPSA) is 38.8 Å². The van der Waals surface area contributed by atoms with Crippen molar-refractivity contribution in [1.82, 2.24) is 4.90 Å². The molecule has 2 saturated carbocycles. The Morgan fingerprint density at radius 1 is 0.889 bits per heavy atom. The van der Waals surface area contributed by atoms with Crippen LogP contribution in [-0.4, -0.2) is 37.1 Å². The average Bonchev–Trinajstić information content (AvgIpc) is 2.73. The number of ether oxygens (including phenoxy) is 2. The number of carbonyl (C=O) groups excluding carboxylic acids is 1. The zero-order chi connectivity index (χ0) is 19.1. The van der Waals surface area contributed by atoms with E-state index in [1.54, 1.807) is 20.3 Å². The van der Waals surface area contributed by atoms with Crippen molar-refractivity contribution in [1.29, 1.82) is 0 Å². The van der Waals surface area contributed by atoms with Crippen molar-refractivity contribution >= 4 is 12.0 Å². The van der Waals surface area contributed by atoms with E-state index in [0.29, 0.717) is 23.6 Å². The van der Waals surface area contributed by atoms with Crippen LogP contribution in [0.1, 0.15) is 69.8 Å². The number of rotatable bonds is 6. The van der Waals surface area contributed by atoms with E-state index in [1.807, 2.05) is 24.3 Å². The van der Waals surface area contributed by atoms with Crippen LogP contribution in [0.5, 0.6) is 11.5 Å². The molecule has 1 aromatic rings. The molecule has 0 atom stereocenters. The van der Waals surface area contributed by atoms with Crippen LogP contribution in [0.3, 0.4) is 0 Å². The monoisotopic (exact) mass is 371 g/mol. The summed E-state index contributed by atoms with van der Waals surface area (Å²) >= 11 is 0. The van der Waals surface area contributed by atoms with E-state index in [2.05, 4.69) is 4.90 Å². The molecule has 0 aliphatic heterocycles. The third kappa shape index (κ3) is 5.06. The van der Waals surface area contributed by atoms with Gasteiger partial charge in [-0.05, 0) is 49.5 Å². The Kier molecular flexibility index (Phi) is 7.19. The van der Waals surface area contributed by atoms with E-state index >= 15 is 0 Å². The number of methoxy groups -OCH3 is 2. The van der Waals surface area contributed by atoms with Crippen LogP contribution in [0, 0.1) is 0 Å². The lowest BCUT2D eigenvalue weighted by molar-refractivity contribution is -0.132. The Labute approximate surface area is 163 Å². The molecular weight excluding hydrogens is 338 g/mol. The maximum Gasteiger partial charge on any atom is 0.247 e. The molecule has 3 rings (SSSR count). The van der Waals surface area contributed by atoms with Gasteiger partial charge in [-0.15, -0.1) is 0 Å². The van der Waals surface area contributed by atoms with Crippen molar-refractivity contribution in [2.45, 2.75) is 76.3 Å². The Hall–Kier alpha value is -1.97. The Morgan fingerprint density at radius 2 is 1.44 bits per heavy atom. The second kappa shape index (κ2) is 9.82. The molecule has 0 N–H and O–H groups in total. The average molecular weight is 372 g/mol. The molecule has 0 aromatic heterocycles. The summed E-state index contributed by atoms with van der Waals surface area (Å²) < 4.78 is 10.7. The summed E-state index contributed by atoms with van der Waals surface area (Å²) in [5.74, 6) is 1.55. The van der Waals surface area contributed by atoms with E-state index in [1.165, 1.54) is 38.5 Å². The predicted molar refractivity (Wildman–Crippen MR) is 109 cm³/mol. The highest BCUT2D eigenvalue weighted by Crippen LogP contribution is 2.31. The summed E-state index contributed by atoms with van der Waals surface area (Å²) in [6.07, 6.45) is 15.9. The molecule has 2 aliphatic carbocycles. The van der Waals surface area contributed by atoms with Gasteiger partial charge in [0.05, 0.1) is 14.2 Å². The summed E-state index contributed by atoms with van der Waals surface area (Å²) in [7, 11) is 3.26. The predicted octanol–water partition coefficient (Wildman–Crippen LogP) is 5.21. The fourth-order valence-corrected chi connectivity index (χ4v) is 4.59. The van der Waals surface area contributed by atoms with Crippen molar-refractivity contribution in [2.24, 2.45) is 0 Å². The van der Waals surface area contributed by atoms with Gasteiger partial charge in [-0.25, -0.2) is 0 Å². The van der Waals surface area contributed by atoms with Gasteiger partial charge in [0, 0.05) is 18.2 Å². The lowest BCUT2D eigenvalue weighted by atomic mass is 9.88. The fraction of sp³-hybridized carbons (Fsp3) is 0.609. The number of amides is 1. The maximum atomic E-state index is 13.2. The summed E-state index contributed by atoms with van der Waals surface area (Å²) in [6, 6.07) is 6.59. The van der Waals surface area contributed by atoms with Gasteiger partial charge >= 0.3 is 0 Å². The molecule has 0 radical (unpaired) electrons. The zero-order valence-electron chi connectivity index (χ0n) is 16.8. The second-order valence-electron chi connectivity index (χ2n) is 7.78.